The average molecular weight is 385 g/mol. The molecule has 2 aromatic rings. The lowest BCUT2D eigenvalue weighted by Gasteiger charge is -2.33. The molecule has 6 heteroatoms. The first-order valence-electron chi connectivity index (χ1n) is 9.56. The number of aldehydes is 1. The third-order valence-corrected chi connectivity index (χ3v) is 4.59. The Hall–Kier alpha value is -2.76. The van der Waals surface area contributed by atoms with Crippen LogP contribution in [0.3, 0.4) is 0 Å². The van der Waals surface area contributed by atoms with Crippen LogP contribution in [0.15, 0.2) is 34.7 Å². The third-order valence-electron chi connectivity index (χ3n) is 4.59. The zero-order chi connectivity index (χ0) is 20.3. The molecule has 1 aliphatic heterocycles. The molecule has 1 amide bonds. The van der Waals surface area contributed by atoms with Gasteiger partial charge in [0, 0.05) is 31.5 Å². The molecule has 0 spiro atoms. The van der Waals surface area contributed by atoms with Gasteiger partial charge in [-0.15, -0.1) is 0 Å². The van der Waals surface area contributed by atoms with E-state index in [0.717, 1.165) is 29.7 Å². The third kappa shape index (κ3) is 4.94. The Morgan fingerprint density at radius 2 is 1.89 bits per heavy atom. The maximum atomic E-state index is 12.2. The van der Waals surface area contributed by atoms with Crippen molar-refractivity contribution < 1.29 is 23.5 Å². The van der Waals surface area contributed by atoms with E-state index in [1.165, 1.54) is 0 Å². The minimum Gasteiger partial charge on any atom is -0.490 e. The standard InChI is InChI=1S/C22H27NO5/c1-15-13-16(20-8-6-18(14-24)27-20)5-7-19(15)26-17-9-11-23(12-10-17)21(25)28-22(2,3)4/h5-8,13-14,17H,9-12H2,1-4H3. The first-order chi connectivity index (χ1) is 13.2. The lowest BCUT2D eigenvalue weighted by molar-refractivity contribution is 0.0126. The second-order valence-electron chi connectivity index (χ2n) is 8.08. The van der Waals surface area contributed by atoms with Gasteiger partial charge in [-0.25, -0.2) is 4.79 Å². The molecule has 0 N–H and O–H groups in total. The van der Waals surface area contributed by atoms with E-state index in [1.807, 2.05) is 45.9 Å². The molecule has 1 saturated heterocycles. The molecule has 28 heavy (non-hydrogen) atoms. The number of likely N-dealkylation sites (tertiary alicyclic amines) is 1. The summed E-state index contributed by atoms with van der Waals surface area (Å²) in [7, 11) is 0. The minimum atomic E-state index is -0.482. The highest BCUT2D eigenvalue weighted by atomic mass is 16.6. The number of hydrogen-bond donors (Lipinski definition) is 0. The van der Waals surface area contributed by atoms with Crippen molar-refractivity contribution in [2.45, 2.75) is 52.2 Å². The van der Waals surface area contributed by atoms with Crippen LogP contribution in [0.1, 0.15) is 49.7 Å². The fourth-order valence-corrected chi connectivity index (χ4v) is 3.17. The summed E-state index contributed by atoms with van der Waals surface area (Å²) in [4.78, 5) is 24.7. The van der Waals surface area contributed by atoms with E-state index < -0.39 is 5.60 Å². The average Bonchev–Trinajstić information content (AvgIpc) is 3.12. The Morgan fingerprint density at radius 1 is 1.18 bits per heavy atom. The van der Waals surface area contributed by atoms with E-state index >= 15 is 0 Å². The fourth-order valence-electron chi connectivity index (χ4n) is 3.17. The summed E-state index contributed by atoms with van der Waals surface area (Å²) in [6.07, 6.45) is 2.02. The topological polar surface area (TPSA) is 69.0 Å². The summed E-state index contributed by atoms with van der Waals surface area (Å²) < 4.78 is 17.1. The number of piperidine rings is 1. The number of ether oxygens (including phenoxy) is 2. The quantitative estimate of drug-likeness (QED) is 0.704. The predicted molar refractivity (Wildman–Crippen MR) is 106 cm³/mol. The van der Waals surface area contributed by atoms with Crippen molar-refractivity contribution >= 4 is 12.4 Å². The number of rotatable bonds is 4. The first-order valence-corrected chi connectivity index (χ1v) is 9.56. The van der Waals surface area contributed by atoms with Crippen LogP contribution in [0, 0.1) is 6.92 Å². The van der Waals surface area contributed by atoms with Gasteiger partial charge in [0.1, 0.15) is 23.2 Å². The molecule has 1 aliphatic rings. The molecule has 1 aromatic carbocycles. The number of carbonyl (C=O) groups is 2. The zero-order valence-electron chi connectivity index (χ0n) is 16.9. The van der Waals surface area contributed by atoms with Gasteiger partial charge in [0.05, 0.1) is 0 Å². The number of furan rings is 1. The zero-order valence-corrected chi connectivity index (χ0v) is 16.9. The van der Waals surface area contributed by atoms with E-state index in [-0.39, 0.29) is 12.2 Å². The van der Waals surface area contributed by atoms with Crippen molar-refractivity contribution in [1.82, 2.24) is 4.90 Å². The summed E-state index contributed by atoms with van der Waals surface area (Å²) in [5, 5.41) is 0. The first kappa shape index (κ1) is 20.0. The molecule has 6 nitrogen and oxygen atoms in total. The highest BCUT2D eigenvalue weighted by molar-refractivity contribution is 5.73. The van der Waals surface area contributed by atoms with Crippen molar-refractivity contribution in [1.29, 1.82) is 0 Å². The van der Waals surface area contributed by atoms with Crippen molar-refractivity contribution in [3.05, 3.63) is 41.7 Å². The molecule has 0 aliphatic carbocycles. The second-order valence-corrected chi connectivity index (χ2v) is 8.08. The van der Waals surface area contributed by atoms with Gasteiger partial charge in [-0.3, -0.25) is 4.79 Å². The summed E-state index contributed by atoms with van der Waals surface area (Å²) in [5.74, 6) is 1.79. The summed E-state index contributed by atoms with van der Waals surface area (Å²) in [5.41, 5.74) is 1.41. The van der Waals surface area contributed by atoms with E-state index in [4.69, 9.17) is 13.9 Å². The van der Waals surface area contributed by atoms with Crippen LogP contribution in [-0.4, -0.2) is 42.1 Å². The van der Waals surface area contributed by atoms with Crippen LogP contribution < -0.4 is 4.74 Å². The molecule has 0 atom stereocenters. The van der Waals surface area contributed by atoms with Crippen LogP contribution in [-0.2, 0) is 4.74 Å². The van der Waals surface area contributed by atoms with Gasteiger partial charge in [0.15, 0.2) is 12.0 Å². The Kier molecular flexibility index (Phi) is 5.77. The normalized spacial score (nSPS) is 15.4. The van der Waals surface area contributed by atoms with Gasteiger partial charge in [-0.2, -0.15) is 0 Å². The van der Waals surface area contributed by atoms with Gasteiger partial charge in [0.25, 0.3) is 0 Å². The van der Waals surface area contributed by atoms with Crippen LogP contribution >= 0.6 is 0 Å². The number of carbonyl (C=O) groups excluding carboxylic acids is 2. The van der Waals surface area contributed by atoms with Crippen LogP contribution in [0.25, 0.3) is 11.3 Å². The molecule has 2 heterocycles. The number of hydrogen-bond acceptors (Lipinski definition) is 5. The lowest BCUT2D eigenvalue weighted by atomic mass is 10.1. The molecule has 1 aromatic heterocycles. The molecule has 1 fully saturated rings. The van der Waals surface area contributed by atoms with Crippen molar-refractivity contribution in [2.75, 3.05) is 13.1 Å². The van der Waals surface area contributed by atoms with Crippen molar-refractivity contribution in [3.8, 4) is 17.1 Å². The summed E-state index contributed by atoms with van der Waals surface area (Å²) in [6, 6.07) is 9.27. The van der Waals surface area contributed by atoms with E-state index in [0.29, 0.717) is 30.9 Å². The van der Waals surface area contributed by atoms with Crippen molar-refractivity contribution in [2.24, 2.45) is 0 Å². The maximum absolute atomic E-state index is 12.2. The molecule has 0 radical (unpaired) electrons. The summed E-state index contributed by atoms with van der Waals surface area (Å²) in [6.45, 7) is 8.84. The Balaban J connectivity index is 1.58. The lowest BCUT2D eigenvalue weighted by Crippen LogP contribution is -2.44. The van der Waals surface area contributed by atoms with E-state index in [9.17, 15) is 9.59 Å². The van der Waals surface area contributed by atoms with Crippen LogP contribution in [0.4, 0.5) is 4.79 Å². The number of aryl methyl sites for hydroxylation is 1. The minimum absolute atomic E-state index is 0.0634. The van der Waals surface area contributed by atoms with Crippen LogP contribution in [0.2, 0.25) is 0 Å². The number of nitrogens with zero attached hydrogens (tertiary/aromatic N) is 1. The van der Waals surface area contributed by atoms with E-state index in [2.05, 4.69) is 0 Å². The highest BCUT2D eigenvalue weighted by Gasteiger charge is 2.27. The second kappa shape index (κ2) is 8.09. The van der Waals surface area contributed by atoms with Gasteiger partial charge in [0.2, 0.25) is 0 Å². The number of benzene rings is 1. The molecular weight excluding hydrogens is 358 g/mol. The Morgan fingerprint density at radius 3 is 2.46 bits per heavy atom. The van der Waals surface area contributed by atoms with Gasteiger partial charge in [-0.1, -0.05) is 0 Å². The Bertz CT molecular complexity index is 841. The van der Waals surface area contributed by atoms with E-state index in [1.54, 1.807) is 17.0 Å². The Labute approximate surface area is 165 Å². The molecule has 150 valence electrons. The molecule has 0 saturated carbocycles. The molecule has 0 unspecified atom stereocenters. The van der Waals surface area contributed by atoms with Gasteiger partial charge >= 0.3 is 6.09 Å². The number of amides is 1. The highest BCUT2D eigenvalue weighted by Crippen LogP contribution is 2.29. The van der Waals surface area contributed by atoms with Gasteiger partial charge in [-0.05, 0) is 63.6 Å². The van der Waals surface area contributed by atoms with Crippen LogP contribution in [0.5, 0.6) is 5.75 Å². The smallest absolute Gasteiger partial charge is 0.410 e. The molecular formula is C22H27NO5. The predicted octanol–water partition coefficient (Wildman–Crippen LogP) is 4.85. The fraction of sp³-hybridized carbons (Fsp3) is 0.455. The monoisotopic (exact) mass is 385 g/mol. The summed E-state index contributed by atoms with van der Waals surface area (Å²) >= 11 is 0. The molecule has 3 rings (SSSR count). The molecule has 0 bridgehead atoms. The maximum Gasteiger partial charge on any atom is 0.410 e. The van der Waals surface area contributed by atoms with Crippen molar-refractivity contribution in [3.63, 3.8) is 0 Å². The van der Waals surface area contributed by atoms with Gasteiger partial charge < -0.3 is 18.8 Å². The SMILES string of the molecule is Cc1cc(-c2ccc(C=O)o2)ccc1OC1CCN(C(=O)OC(C)(C)C)CC1. The largest absolute Gasteiger partial charge is 0.490 e.